The number of phosphoric ester groups is 1. The van der Waals surface area contributed by atoms with Gasteiger partial charge in [0.05, 0.1) is 27.7 Å². The number of carbonyl (C=O) groups is 2. The molecule has 9 nitrogen and oxygen atoms in total. The molecule has 0 aliphatic heterocycles. The van der Waals surface area contributed by atoms with Crippen molar-refractivity contribution in [3.63, 3.8) is 0 Å². The molecule has 0 amide bonds. The minimum Gasteiger partial charge on any atom is -0.756 e. The number of rotatable bonds is 30. The van der Waals surface area contributed by atoms with E-state index in [9.17, 15) is 19.0 Å². The van der Waals surface area contributed by atoms with Gasteiger partial charge in [-0.15, -0.1) is 0 Å². The number of ether oxygens (including phenoxy) is 2. The summed E-state index contributed by atoms with van der Waals surface area (Å²) in [6.45, 7) is 4.15. The molecule has 0 bridgehead atoms. The van der Waals surface area contributed by atoms with E-state index in [0.717, 1.165) is 32.1 Å². The first-order valence-corrected chi connectivity index (χ1v) is 18.2. The summed E-state index contributed by atoms with van der Waals surface area (Å²) in [4.78, 5) is 37.0. The Balaban J connectivity index is 4.51. The smallest absolute Gasteiger partial charge is 0.306 e. The number of unbranched alkanes of at least 4 members (excludes halogenated alkanes) is 16. The molecule has 0 saturated heterocycles. The van der Waals surface area contributed by atoms with Gasteiger partial charge in [-0.2, -0.15) is 0 Å². The Labute approximate surface area is 257 Å². The number of nitrogens with zero attached hydrogens (tertiary/aromatic N) is 1. The summed E-state index contributed by atoms with van der Waals surface area (Å²) in [5, 5.41) is 0. The molecule has 0 spiro atoms. The number of carbonyl (C=O) groups excluding carboxylic acids is 2. The summed E-state index contributed by atoms with van der Waals surface area (Å²) in [7, 11) is 1.17. The van der Waals surface area contributed by atoms with Crippen LogP contribution in [0.3, 0.4) is 0 Å². The third-order valence-corrected chi connectivity index (χ3v) is 8.09. The molecule has 250 valence electrons. The van der Waals surface area contributed by atoms with Crippen molar-refractivity contribution in [2.45, 2.75) is 148 Å². The Morgan fingerprint density at radius 3 is 1.52 bits per heavy atom. The van der Waals surface area contributed by atoms with Crippen LogP contribution in [0.2, 0.25) is 0 Å². The maximum atomic E-state index is 12.5. The maximum Gasteiger partial charge on any atom is 0.306 e. The zero-order valence-electron chi connectivity index (χ0n) is 27.7. The van der Waals surface area contributed by atoms with Gasteiger partial charge in [-0.3, -0.25) is 14.2 Å². The van der Waals surface area contributed by atoms with Gasteiger partial charge in [-0.1, -0.05) is 117 Å². The first-order chi connectivity index (χ1) is 20.0. The quantitative estimate of drug-likeness (QED) is 0.0351. The highest BCUT2D eigenvalue weighted by molar-refractivity contribution is 7.45. The predicted molar refractivity (Wildman–Crippen MR) is 167 cm³/mol. The highest BCUT2D eigenvalue weighted by atomic mass is 31.2. The van der Waals surface area contributed by atoms with Crippen LogP contribution >= 0.6 is 7.82 Å². The molecule has 0 rings (SSSR count). The molecule has 10 heteroatoms. The Hall–Kier alpha value is -0.990. The van der Waals surface area contributed by atoms with Crippen LogP contribution < -0.4 is 4.89 Å². The standard InChI is InChI=1S/C32H64NO8P/c1-6-8-10-12-14-16-17-19-21-23-25-32(35)41-30(29-40-42(36,37)39-27-26-33(3,4)5)28-38-31(34)24-22-20-18-15-13-11-9-7-2/h30H,6-29H2,1-5H3. The van der Waals surface area contributed by atoms with Crippen LogP contribution in [-0.4, -0.2) is 70.0 Å². The minimum absolute atomic E-state index is 0.0267. The zero-order chi connectivity index (χ0) is 31.5. The average Bonchev–Trinajstić information content (AvgIpc) is 2.92. The lowest BCUT2D eigenvalue weighted by molar-refractivity contribution is -0.870. The Morgan fingerprint density at radius 1 is 0.643 bits per heavy atom. The number of hydrogen-bond acceptors (Lipinski definition) is 8. The van der Waals surface area contributed by atoms with Gasteiger partial charge in [0.1, 0.15) is 19.8 Å². The third kappa shape index (κ3) is 29.1. The summed E-state index contributed by atoms with van der Waals surface area (Å²) in [5.41, 5.74) is 0. The molecule has 0 aromatic rings. The van der Waals surface area contributed by atoms with Crippen LogP contribution in [-0.2, 0) is 32.7 Å². The molecule has 0 aliphatic rings. The third-order valence-electron chi connectivity index (χ3n) is 7.13. The summed E-state index contributed by atoms with van der Waals surface area (Å²) in [5.74, 6) is -0.838. The minimum atomic E-state index is -4.60. The largest absolute Gasteiger partial charge is 0.756 e. The molecular formula is C32H64NO8P. The molecule has 2 unspecified atom stereocenters. The van der Waals surface area contributed by atoms with E-state index in [0.29, 0.717) is 17.4 Å². The van der Waals surface area contributed by atoms with E-state index in [2.05, 4.69) is 13.8 Å². The van der Waals surface area contributed by atoms with E-state index in [1.54, 1.807) is 0 Å². The van der Waals surface area contributed by atoms with Crippen LogP contribution in [0.25, 0.3) is 0 Å². The topological polar surface area (TPSA) is 111 Å². The SMILES string of the molecule is CCCCCCCCCCCCC(=O)OC(COC(=O)CCCCCCCCCC)COP(=O)([O-])OCC[N+](C)(C)C. The number of phosphoric acid groups is 1. The summed E-state index contributed by atoms with van der Waals surface area (Å²) in [6, 6.07) is 0. The highest BCUT2D eigenvalue weighted by Gasteiger charge is 2.21. The summed E-state index contributed by atoms with van der Waals surface area (Å²) in [6.07, 6.45) is 20.0. The Kier molecular flexibility index (Phi) is 25.8. The van der Waals surface area contributed by atoms with Crippen LogP contribution in [0.1, 0.15) is 142 Å². The van der Waals surface area contributed by atoms with Crippen LogP contribution in [0.5, 0.6) is 0 Å². The van der Waals surface area contributed by atoms with E-state index in [1.807, 2.05) is 21.1 Å². The van der Waals surface area contributed by atoms with Gasteiger partial charge in [0.25, 0.3) is 7.82 Å². The normalized spacial score (nSPS) is 14.0. The molecule has 0 saturated carbocycles. The van der Waals surface area contributed by atoms with E-state index >= 15 is 0 Å². The van der Waals surface area contributed by atoms with Crippen molar-refractivity contribution in [2.24, 2.45) is 0 Å². The molecule has 0 aliphatic carbocycles. The molecule has 0 N–H and O–H groups in total. The first-order valence-electron chi connectivity index (χ1n) is 16.7. The number of quaternary nitrogens is 1. The molecule has 0 aromatic carbocycles. The van der Waals surface area contributed by atoms with Crippen molar-refractivity contribution in [1.82, 2.24) is 0 Å². The summed E-state index contributed by atoms with van der Waals surface area (Å²) < 4.78 is 33.5. The molecule has 42 heavy (non-hydrogen) atoms. The second kappa shape index (κ2) is 26.4. The first kappa shape index (κ1) is 41.0. The van der Waals surface area contributed by atoms with Gasteiger partial charge in [0, 0.05) is 12.8 Å². The van der Waals surface area contributed by atoms with E-state index in [1.165, 1.54) is 77.0 Å². The fourth-order valence-corrected chi connectivity index (χ4v) is 5.15. The highest BCUT2D eigenvalue weighted by Crippen LogP contribution is 2.38. The predicted octanol–water partition coefficient (Wildman–Crippen LogP) is 7.49. The lowest BCUT2D eigenvalue weighted by atomic mass is 10.1. The molecule has 2 atom stereocenters. The van der Waals surface area contributed by atoms with Crippen LogP contribution in [0.4, 0.5) is 0 Å². The number of hydrogen-bond donors (Lipinski definition) is 0. The van der Waals surface area contributed by atoms with E-state index < -0.39 is 26.5 Å². The summed E-state index contributed by atoms with van der Waals surface area (Å²) >= 11 is 0. The van der Waals surface area contributed by atoms with Gasteiger partial charge in [-0.05, 0) is 12.8 Å². The van der Waals surface area contributed by atoms with Crippen molar-refractivity contribution in [1.29, 1.82) is 0 Å². The second-order valence-electron chi connectivity index (χ2n) is 12.5. The van der Waals surface area contributed by atoms with Crippen molar-refractivity contribution in [2.75, 3.05) is 47.5 Å². The molecule has 0 heterocycles. The van der Waals surface area contributed by atoms with Crippen molar-refractivity contribution >= 4 is 19.8 Å². The van der Waals surface area contributed by atoms with Crippen molar-refractivity contribution in [3.05, 3.63) is 0 Å². The Bertz CT molecular complexity index is 713. The number of esters is 2. The van der Waals surface area contributed by atoms with Gasteiger partial charge < -0.3 is 27.9 Å². The Morgan fingerprint density at radius 2 is 1.07 bits per heavy atom. The fourth-order valence-electron chi connectivity index (χ4n) is 4.42. The fraction of sp³-hybridized carbons (Fsp3) is 0.938. The van der Waals surface area contributed by atoms with Gasteiger partial charge in [-0.25, -0.2) is 0 Å². The van der Waals surface area contributed by atoms with Crippen LogP contribution in [0.15, 0.2) is 0 Å². The van der Waals surface area contributed by atoms with Gasteiger partial charge >= 0.3 is 11.9 Å². The number of likely N-dealkylation sites (N-methyl/N-ethyl adjacent to an activating group) is 1. The van der Waals surface area contributed by atoms with Gasteiger partial charge in [0.2, 0.25) is 0 Å². The van der Waals surface area contributed by atoms with Crippen molar-refractivity contribution in [3.8, 4) is 0 Å². The monoisotopic (exact) mass is 621 g/mol. The van der Waals surface area contributed by atoms with E-state index in [-0.39, 0.29) is 32.0 Å². The molecule has 0 radical (unpaired) electrons. The lowest BCUT2D eigenvalue weighted by Gasteiger charge is -2.28. The molecule has 0 aromatic heterocycles. The molecular weight excluding hydrogens is 557 g/mol. The van der Waals surface area contributed by atoms with E-state index in [4.69, 9.17) is 18.5 Å². The lowest BCUT2D eigenvalue weighted by Crippen LogP contribution is -2.37. The maximum absolute atomic E-state index is 12.5. The molecule has 0 fully saturated rings. The average molecular weight is 622 g/mol. The van der Waals surface area contributed by atoms with Crippen LogP contribution in [0, 0.1) is 0 Å². The zero-order valence-corrected chi connectivity index (χ0v) is 28.6. The second-order valence-corrected chi connectivity index (χ2v) is 14.0. The van der Waals surface area contributed by atoms with Crippen molar-refractivity contribution < 1.29 is 42.1 Å². The van der Waals surface area contributed by atoms with Gasteiger partial charge in [0.15, 0.2) is 6.10 Å².